The van der Waals surface area contributed by atoms with Gasteiger partial charge in [0.1, 0.15) is 6.54 Å². The molecule has 1 aromatic heterocycles. The lowest BCUT2D eigenvalue weighted by molar-refractivity contribution is -0.122. The minimum atomic E-state index is -0.225. The van der Waals surface area contributed by atoms with Crippen molar-refractivity contribution >= 4 is 16.7 Å². The van der Waals surface area contributed by atoms with Crippen LogP contribution in [0.5, 0.6) is 0 Å². The van der Waals surface area contributed by atoms with E-state index in [-0.39, 0.29) is 24.1 Å². The highest BCUT2D eigenvalue weighted by atomic mass is 16.2. The highest BCUT2D eigenvalue weighted by Gasteiger charge is 2.28. The van der Waals surface area contributed by atoms with Crippen LogP contribution in [0.3, 0.4) is 0 Å². The van der Waals surface area contributed by atoms with Gasteiger partial charge in [-0.05, 0) is 31.7 Å². The highest BCUT2D eigenvalue weighted by Crippen LogP contribution is 2.32. The van der Waals surface area contributed by atoms with Crippen LogP contribution >= 0.6 is 0 Å². The third-order valence-corrected chi connectivity index (χ3v) is 3.77. The van der Waals surface area contributed by atoms with E-state index < -0.39 is 0 Å². The van der Waals surface area contributed by atoms with Gasteiger partial charge in [-0.15, -0.1) is 0 Å². The quantitative estimate of drug-likeness (QED) is 0.912. The average molecular weight is 271 g/mol. The monoisotopic (exact) mass is 271 g/mol. The van der Waals surface area contributed by atoms with Gasteiger partial charge in [0, 0.05) is 11.4 Å². The van der Waals surface area contributed by atoms with Crippen molar-refractivity contribution in [1.82, 2.24) is 15.1 Å². The van der Waals surface area contributed by atoms with Crippen LogP contribution in [0, 0.1) is 5.92 Å². The van der Waals surface area contributed by atoms with Gasteiger partial charge in [-0.3, -0.25) is 9.59 Å². The zero-order chi connectivity index (χ0) is 14.1. The molecular weight excluding hydrogens is 254 g/mol. The first-order chi connectivity index (χ1) is 9.65. The number of carbonyl (C=O) groups is 1. The number of nitrogens with zero attached hydrogens (tertiary/aromatic N) is 2. The number of hydrogen-bond donors (Lipinski definition) is 1. The smallest absolute Gasteiger partial charge is 0.275 e. The molecule has 1 fully saturated rings. The summed E-state index contributed by atoms with van der Waals surface area (Å²) in [5, 5.41) is 8.37. The Hall–Kier alpha value is -2.17. The summed E-state index contributed by atoms with van der Waals surface area (Å²) < 4.78 is 1.22. The summed E-state index contributed by atoms with van der Waals surface area (Å²) in [5.74, 6) is 0.439. The van der Waals surface area contributed by atoms with E-state index in [1.54, 1.807) is 12.3 Å². The van der Waals surface area contributed by atoms with Crippen LogP contribution in [-0.4, -0.2) is 21.7 Å². The lowest BCUT2D eigenvalue weighted by Crippen LogP contribution is -2.39. The van der Waals surface area contributed by atoms with Crippen LogP contribution in [0.2, 0.25) is 0 Å². The molecule has 0 radical (unpaired) electrons. The number of amides is 1. The van der Waals surface area contributed by atoms with E-state index in [1.165, 1.54) is 17.5 Å². The average Bonchev–Trinajstić information content (AvgIpc) is 3.27. The zero-order valence-corrected chi connectivity index (χ0v) is 11.4. The summed E-state index contributed by atoms with van der Waals surface area (Å²) in [6.45, 7) is 1.98. The van der Waals surface area contributed by atoms with Crippen LogP contribution in [-0.2, 0) is 11.3 Å². The van der Waals surface area contributed by atoms with Crippen LogP contribution in [0.15, 0.2) is 35.3 Å². The molecule has 1 heterocycles. The Bertz CT molecular complexity index is 704. The molecule has 1 aromatic carbocycles. The van der Waals surface area contributed by atoms with Gasteiger partial charge in [-0.1, -0.05) is 18.2 Å². The molecule has 1 aliphatic rings. The number of carbonyl (C=O) groups excluding carboxylic acids is 1. The molecule has 0 bridgehead atoms. The topological polar surface area (TPSA) is 64.0 Å². The second-order valence-electron chi connectivity index (χ2n) is 5.39. The van der Waals surface area contributed by atoms with E-state index in [9.17, 15) is 9.59 Å². The fourth-order valence-corrected chi connectivity index (χ4v) is 2.39. The van der Waals surface area contributed by atoms with Crippen molar-refractivity contribution in [3.8, 4) is 0 Å². The Morgan fingerprint density at radius 1 is 1.45 bits per heavy atom. The van der Waals surface area contributed by atoms with Crippen molar-refractivity contribution in [1.29, 1.82) is 0 Å². The Morgan fingerprint density at radius 2 is 2.20 bits per heavy atom. The van der Waals surface area contributed by atoms with Crippen molar-refractivity contribution in [2.75, 3.05) is 0 Å². The molecular formula is C15H17N3O2. The van der Waals surface area contributed by atoms with Crippen molar-refractivity contribution in [3.05, 3.63) is 40.8 Å². The molecule has 5 nitrogen and oxygen atoms in total. The van der Waals surface area contributed by atoms with Crippen LogP contribution in [0.25, 0.3) is 10.8 Å². The van der Waals surface area contributed by atoms with Gasteiger partial charge >= 0.3 is 0 Å². The third kappa shape index (κ3) is 2.57. The molecule has 5 heteroatoms. The minimum Gasteiger partial charge on any atom is -0.352 e. The van der Waals surface area contributed by atoms with E-state index in [2.05, 4.69) is 10.4 Å². The van der Waals surface area contributed by atoms with Crippen molar-refractivity contribution in [3.63, 3.8) is 0 Å². The van der Waals surface area contributed by atoms with Crippen molar-refractivity contribution in [2.45, 2.75) is 32.4 Å². The number of fused-ring (bicyclic) bond motifs is 1. The number of benzene rings is 1. The zero-order valence-electron chi connectivity index (χ0n) is 11.4. The second kappa shape index (κ2) is 5.07. The molecule has 0 spiro atoms. The van der Waals surface area contributed by atoms with E-state index >= 15 is 0 Å². The molecule has 3 rings (SSSR count). The summed E-state index contributed by atoms with van der Waals surface area (Å²) >= 11 is 0. The number of aromatic nitrogens is 2. The number of nitrogens with one attached hydrogen (secondary N) is 1. The summed E-state index contributed by atoms with van der Waals surface area (Å²) in [6, 6.07) is 7.43. The van der Waals surface area contributed by atoms with E-state index in [0.29, 0.717) is 11.3 Å². The maximum Gasteiger partial charge on any atom is 0.275 e. The van der Waals surface area contributed by atoms with E-state index in [4.69, 9.17) is 0 Å². The Balaban J connectivity index is 1.78. The summed E-state index contributed by atoms with van der Waals surface area (Å²) in [5.41, 5.74) is -0.225. The number of rotatable bonds is 4. The lowest BCUT2D eigenvalue weighted by atomic mass is 10.2. The third-order valence-electron chi connectivity index (χ3n) is 3.77. The molecule has 2 aromatic rings. The number of hydrogen-bond acceptors (Lipinski definition) is 3. The predicted molar refractivity (Wildman–Crippen MR) is 76.3 cm³/mol. The van der Waals surface area contributed by atoms with Gasteiger partial charge in [0.2, 0.25) is 5.91 Å². The van der Waals surface area contributed by atoms with Gasteiger partial charge in [-0.25, -0.2) is 4.68 Å². The lowest BCUT2D eigenvalue weighted by Gasteiger charge is -2.13. The molecule has 0 aliphatic heterocycles. The maximum atomic E-state index is 12.2. The summed E-state index contributed by atoms with van der Waals surface area (Å²) in [6.07, 6.45) is 3.97. The second-order valence-corrected chi connectivity index (χ2v) is 5.39. The van der Waals surface area contributed by atoms with Crippen molar-refractivity contribution < 1.29 is 4.79 Å². The van der Waals surface area contributed by atoms with E-state index in [0.717, 1.165) is 5.39 Å². The van der Waals surface area contributed by atoms with Gasteiger partial charge < -0.3 is 5.32 Å². The van der Waals surface area contributed by atoms with Gasteiger partial charge in [-0.2, -0.15) is 5.10 Å². The molecule has 1 N–H and O–H groups in total. The largest absolute Gasteiger partial charge is 0.352 e. The molecule has 104 valence electrons. The standard InChI is InChI=1S/C15H17N3O2/c1-10(11-6-7-11)17-14(19)9-18-15(20)13-5-3-2-4-12(13)8-16-18/h2-5,8,10-11H,6-7,9H2,1H3,(H,17,19). The van der Waals surface area contributed by atoms with Crippen molar-refractivity contribution in [2.24, 2.45) is 5.92 Å². The Morgan fingerprint density at radius 3 is 2.95 bits per heavy atom. The molecule has 20 heavy (non-hydrogen) atoms. The predicted octanol–water partition coefficient (Wildman–Crippen LogP) is 1.31. The van der Waals surface area contributed by atoms with Crippen LogP contribution in [0.4, 0.5) is 0 Å². The molecule has 0 saturated heterocycles. The fraction of sp³-hybridized carbons (Fsp3) is 0.400. The van der Waals surface area contributed by atoms with Crippen LogP contribution < -0.4 is 10.9 Å². The maximum absolute atomic E-state index is 12.2. The first-order valence-corrected chi connectivity index (χ1v) is 6.89. The molecule has 1 unspecified atom stereocenters. The van der Waals surface area contributed by atoms with Gasteiger partial charge in [0.15, 0.2) is 0 Å². The molecule has 1 saturated carbocycles. The molecule has 1 atom stereocenters. The molecule has 1 aliphatic carbocycles. The van der Waals surface area contributed by atoms with Crippen LogP contribution in [0.1, 0.15) is 19.8 Å². The summed E-state index contributed by atoms with van der Waals surface area (Å²) in [7, 11) is 0. The van der Waals surface area contributed by atoms with Gasteiger partial charge in [0.25, 0.3) is 5.56 Å². The van der Waals surface area contributed by atoms with E-state index in [1.807, 2.05) is 25.1 Å². The Labute approximate surface area is 116 Å². The highest BCUT2D eigenvalue weighted by molar-refractivity contribution is 5.81. The first-order valence-electron chi connectivity index (χ1n) is 6.89. The Kier molecular flexibility index (Phi) is 3.26. The van der Waals surface area contributed by atoms with Gasteiger partial charge in [0.05, 0.1) is 11.6 Å². The normalized spacial score (nSPS) is 16.1. The summed E-state index contributed by atoms with van der Waals surface area (Å²) in [4.78, 5) is 24.1. The first kappa shape index (κ1) is 12.8. The fourth-order valence-electron chi connectivity index (χ4n) is 2.39. The molecule has 1 amide bonds. The SMILES string of the molecule is CC(NC(=O)Cn1ncc2ccccc2c1=O)C1CC1. The minimum absolute atomic E-state index is 0.0271.